The molecule has 1 aliphatic rings. The molecule has 1 saturated heterocycles. The summed E-state index contributed by atoms with van der Waals surface area (Å²) in [4.78, 5) is 12.3. The Morgan fingerprint density at radius 2 is 1.96 bits per heavy atom. The van der Waals surface area contributed by atoms with Gasteiger partial charge < -0.3 is 20.1 Å². The van der Waals surface area contributed by atoms with E-state index in [0.29, 0.717) is 19.4 Å². The average Bonchev–Trinajstić information content (AvgIpc) is 2.48. The highest BCUT2D eigenvalue weighted by atomic mass is 19.3. The minimum Gasteiger partial charge on any atom is -0.435 e. The molecule has 2 rings (SSSR count). The van der Waals surface area contributed by atoms with Gasteiger partial charge in [0.1, 0.15) is 5.75 Å². The minimum absolute atomic E-state index is 0.0203. The Kier molecular flexibility index (Phi) is 6.24. The number of carbonyl (C=O) groups excluding carboxylic acids is 1. The van der Waals surface area contributed by atoms with Gasteiger partial charge in [-0.3, -0.25) is 4.79 Å². The summed E-state index contributed by atoms with van der Waals surface area (Å²) in [5, 5.41) is 5.72. The van der Waals surface area contributed by atoms with Crippen molar-refractivity contribution in [1.82, 2.24) is 5.32 Å². The molecule has 0 aromatic heterocycles. The van der Waals surface area contributed by atoms with Gasteiger partial charge in [0.25, 0.3) is 0 Å². The molecular formula is C15H18F4N2O3. The number of ether oxygens (including phenoxy) is 2. The van der Waals surface area contributed by atoms with Gasteiger partial charge in [-0.15, -0.1) is 0 Å². The highest BCUT2D eigenvalue weighted by Crippen LogP contribution is 2.32. The van der Waals surface area contributed by atoms with E-state index in [2.05, 4.69) is 20.1 Å². The summed E-state index contributed by atoms with van der Waals surface area (Å²) in [5.41, 5.74) is -0.0203. The second kappa shape index (κ2) is 8.18. The fourth-order valence-corrected chi connectivity index (χ4v) is 2.58. The van der Waals surface area contributed by atoms with Crippen LogP contribution in [-0.4, -0.2) is 31.7 Å². The third-order valence-electron chi connectivity index (χ3n) is 3.65. The summed E-state index contributed by atoms with van der Waals surface area (Å²) in [6, 6.07) is 3.40. The van der Waals surface area contributed by atoms with Crippen LogP contribution in [0.4, 0.5) is 23.2 Å². The van der Waals surface area contributed by atoms with Crippen molar-refractivity contribution >= 4 is 11.6 Å². The molecule has 0 aliphatic carbocycles. The number of anilines is 1. The first-order valence-electron chi connectivity index (χ1n) is 7.43. The topological polar surface area (TPSA) is 59.6 Å². The maximum absolute atomic E-state index is 12.5. The van der Waals surface area contributed by atoms with Crippen LogP contribution in [0.2, 0.25) is 0 Å². The molecule has 9 heteroatoms. The number of rotatable bonds is 6. The van der Waals surface area contributed by atoms with Crippen LogP contribution in [0, 0.1) is 5.92 Å². The molecule has 5 nitrogen and oxygen atoms in total. The maximum Gasteiger partial charge on any atom is 0.387 e. The van der Waals surface area contributed by atoms with E-state index in [4.69, 9.17) is 0 Å². The van der Waals surface area contributed by atoms with Crippen LogP contribution >= 0.6 is 0 Å². The van der Waals surface area contributed by atoms with Crippen molar-refractivity contribution < 1.29 is 31.8 Å². The normalized spacial score (nSPS) is 21.0. The summed E-state index contributed by atoms with van der Waals surface area (Å²) in [5.74, 6) is -1.37. The quantitative estimate of drug-likeness (QED) is 0.774. The van der Waals surface area contributed by atoms with E-state index in [1.165, 1.54) is 6.07 Å². The maximum atomic E-state index is 12.5. The van der Waals surface area contributed by atoms with Gasteiger partial charge >= 0.3 is 13.2 Å². The SMILES string of the molecule is C[C@H]1C[C@@H](C(=O)Nc2ccc(OC(F)F)cc2OC(F)F)CCN1. The molecule has 0 bridgehead atoms. The number of alkyl halides is 4. The molecular weight excluding hydrogens is 332 g/mol. The first-order chi connectivity index (χ1) is 11.3. The number of piperidine rings is 1. The van der Waals surface area contributed by atoms with Gasteiger partial charge in [0.15, 0.2) is 5.75 Å². The lowest BCUT2D eigenvalue weighted by atomic mass is 9.92. The molecule has 0 saturated carbocycles. The summed E-state index contributed by atoms with van der Waals surface area (Å²) >= 11 is 0. The van der Waals surface area contributed by atoms with Crippen molar-refractivity contribution in [2.75, 3.05) is 11.9 Å². The predicted molar refractivity (Wildman–Crippen MR) is 78.5 cm³/mol. The van der Waals surface area contributed by atoms with E-state index < -0.39 is 19.0 Å². The van der Waals surface area contributed by atoms with Crippen molar-refractivity contribution in [2.45, 2.75) is 39.0 Å². The smallest absolute Gasteiger partial charge is 0.387 e. The molecule has 0 unspecified atom stereocenters. The van der Waals surface area contributed by atoms with Crippen LogP contribution in [0.3, 0.4) is 0 Å². The van der Waals surface area contributed by atoms with Crippen molar-refractivity contribution in [3.05, 3.63) is 18.2 Å². The highest BCUT2D eigenvalue weighted by Gasteiger charge is 2.25. The molecule has 0 radical (unpaired) electrons. The Balaban J connectivity index is 2.13. The number of amides is 1. The molecule has 2 N–H and O–H groups in total. The zero-order valence-electron chi connectivity index (χ0n) is 12.9. The standard InChI is InChI=1S/C15H18F4N2O3/c1-8-6-9(4-5-20-8)13(22)21-11-3-2-10(23-14(16)17)7-12(11)24-15(18)19/h2-3,7-9,14-15,20H,4-6H2,1H3,(H,21,22)/t8-,9-/m0/s1. The van der Waals surface area contributed by atoms with Gasteiger partial charge in [0.05, 0.1) is 5.69 Å². The average molecular weight is 350 g/mol. The molecule has 1 amide bonds. The number of benzene rings is 1. The van der Waals surface area contributed by atoms with Crippen molar-refractivity contribution in [3.8, 4) is 11.5 Å². The zero-order valence-corrected chi connectivity index (χ0v) is 12.9. The largest absolute Gasteiger partial charge is 0.435 e. The second-order valence-electron chi connectivity index (χ2n) is 5.48. The molecule has 0 spiro atoms. The number of halogens is 4. The lowest BCUT2D eigenvalue weighted by Gasteiger charge is -2.27. The molecule has 1 aliphatic heterocycles. The Labute approximate surface area is 136 Å². The zero-order chi connectivity index (χ0) is 17.7. The molecule has 1 aromatic carbocycles. The van der Waals surface area contributed by atoms with Crippen molar-refractivity contribution in [2.24, 2.45) is 5.92 Å². The monoisotopic (exact) mass is 350 g/mol. The number of hydrogen-bond donors (Lipinski definition) is 2. The molecule has 1 fully saturated rings. The van der Waals surface area contributed by atoms with Gasteiger partial charge in [-0.1, -0.05) is 0 Å². The highest BCUT2D eigenvalue weighted by molar-refractivity contribution is 5.94. The lowest BCUT2D eigenvalue weighted by molar-refractivity contribution is -0.121. The Morgan fingerprint density at radius 1 is 1.25 bits per heavy atom. The third kappa shape index (κ3) is 5.26. The summed E-state index contributed by atoms with van der Waals surface area (Å²) in [7, 11) is 0. The van der Waals surface area contributed by atoms with Crippen LogP contribution in [0.1, 0.15) is 19.8 Å². The van der Waals surface area contributed by atoms with Gasteiger partial charge in [0, 0.05) is 18.0 Å². The number of hydrogen-bond acceptors (Lipinski definition) is 4. The van der Waals surface area contributed by atoms with Crippen LogP contribution < -0.4 is 20.1 Å². The first kappa shape index (κ1) is 18.3. The first-order valence-corrected chi connectivity index (χ1v) is 7.43. The number of carbonyl (C=O) groups is 1. The van der Waals surface area contributed by atoms with E-state index in [-0.39, 0.29) is 29.3 Å². The third-order valence-corrected chi connectivity index (χ3v) is 3.65. The number of nitrogens with one attached hydrogen (secondary N) is 2. The van der Waals surface area contributed by atoms with E-state index in [9.17, 15) is 22.4 Å². The van der Waals surface area contributed by atoms with Crippen molar-refractivity contribution in [1.29, 1.82) is 0 Å². The van der Waals surface area contributed by atoms with Crippen LogP contribution in [0.5, 0.6) is 11.5 Å². The molecule has 134 valence electrons. The fourth-order valence-electron chi connectivity index (χ4n) is 2.58. The predicted octanol–water partition coefficient (Wildman–Crippen LogP) is 3.22. The van der Waals surface area contributed by atoms with Gasteiger partial charge in [-0.2, -0.15) is 17.6 Å². The van der Waals surface area contributed by atoms with E-state index >= 15 is 0 Å². The van der Waals surface area contributed by atoms with Gasteiger partial charge in [-0.25, -0.2) is 0 Å². The summed E-state index contributed by atoms with van der Waals surface area (Å²) < 4.78 is 57.9. The lowest BCUT2D eigenvalue weighted by Crippen LogP contribution is -2.40. The van der Waals surface area contributed by atoms with Crippen LogP contribution in [0.25, 0.3) is 0 Å². The Bertz CT molecular complexity index is 572. The minimum atomic E-state index is -3.17. The molecule has 1 aromatic rings. The Hall–Kier alpha value is -2.03. The van der Waals surface area contributed by atoms with Gasteiger partial charge in [0.2, 0.25) is 5.91 Å². The van der Waals surface area contributed by atoms with Crippen molar-refractivity contribution in [3.63, 3.8) is 0 Å². The van der Waals surface area contributed by atoms with E-state index in [0.717, 1.165) is 12.1 Å². The molecule has 1 heterocycles. The molecule has 2 atom stereocenters. The Morgan fingerprint density at radius 3 is 2.58 bits per heavy atom. The summed E-state index contributed by atoms with van der Waals surface area (Å²) in [6.45, 7) is -3.63. The molecule has 24 heavy (non-hydrogen) atoms. The second-order valence-corrected chi connectivity index (χ2v) is 5.48. The van der Waals surface area contributed by atoms with Crippen LogP contribution in [-0.2, 0) is 4.79 Å². The van der Waals surface area contributed by atoms with Crippen LogP contribution in [0.15, 0.2) is 18.2 Å². The summed E-state index contributed by atoms with van der Waals surface area (Å²) in [6.07, 6.45) is 1.23. The van der Waals surface area contributed by atoms with Gasteiger partial charge in [-0.05, 0) is 38.4 Å². The van der Waals surface area contributed by atoms with E-state index in [1.807, 2.05) is 6.92 Å². The fraction of sp³-hybridized carbons (Fsp3) is 0.533. The van der Waals surface area contributed by atoms with E-state index in [1.54, 1.807) is 0 Å².